The van der Waals surface area contributed by atoms with Crippen molar-refractivity contribution in [3.8, 4) is 17.1 Å². The maximum atomic E-state index is 2.47. The Labute approximate surface area is 772 Å². The smallest absolute Gasteiger partial charge is 0.0599 e. The summed E-state index contributed by atoms with van der Waals surface area (Å²) in [5.74, 6) is 0. The minimum atomic E-state index is -0.0950. The number of hydrogen-bond acceptors (Lipinski definition) is 0. The van der Waals surface area contributed by atoms with Crippen LogP contribution in [0.4, 0.5) is 0 Å². The molecule has 0 spiro atoms. The second kappa shape index (κ2) is 40.4. The molecule has 0 unspecified atom stereocenters. The van der Waals surface area contributed by atoms with E-state index in [0.717, 1.165) is 0 Å². The van der Waals surface area contributed by atoms with E-state index >= 15 is 0 Å². The topological polar surface area (TPSA) is 14.8 Å². The zero-order valence-corrected chi connectivity index (χ0v) is 84.4. The van der Waals surface area contributed by atoms with Crippen molar-refractivity contribution in [1.29, 1.82) is 0 Å². The van der Waals surface area contributed by atoms with Crippen LogP contribution in [0.3, 0.4) is 0 Å². The van der Waals surface area contributed by atoms with Crippen molar-refractivity contribution in [2.45, 2.75) is 272 Å². The molecule has 3 aromatic heterocycles. The average molecular weight is 1700 g/mol. The van der Waals surface area contributed by atoms with Gasteiger partial charge in [0.2, 0.25) is 0 Å². The fourth-order valence-corrected chi connectivity index (χ4v) is 19.7. The largest absolute Gasteiger partial charge is 0.309 e. The summed E-state index contributed by atoms with van der Waals surface area (Å²) in [7, 11) is 0. The standard InChI is InChI=1S/C34H28N2.C22H21N.3C12H18.3C11H16/c1-34(2,3)32-31(36-29-19-11-7-15-24(29)25-16-8-12-20-30(25)36)22-21-27-26-17-9-10-18-28(26)35(33(27)32)23-13-5-4-6-14-23;1-22(2,3)19-14-9-13-18-17-12-7-8-15-20(17)23(21(18)19)16-10-5-4-6-11-16;3*1-9-7-6-8-10(2)11(9)12(3,4)5;3*1-9-7-5-6-8-10(9)11(2,3)4/h4-22H,1-3H3;4-15H,1-3H3;3*6-8H,1-5H3;3*5-8H,1-4H3. The van der Waals surface area contributed by atoms with Crippen LogP contribution in [0.25, 0.3) is 82.5 Å². The minimum absolute atomic E-state index is 0.0950. The molecule has 0 amide bonds. The van der Waals surface area contributed by atoms with E-state index in [4.69, 9.17) is 0 Å². The highest BCUT2D eigenvalue weighted by Gasteiger charge is 2.30. The first-order chi connectivity index (χ1) is 59.9. The SMILES string of the molecule is CC(C)(C)c1c(-n2c3ccccc3c3ccccc32)ccc2c3ccccc3n(-c3ccccc3)c12.CC(C)(C)c1cccc2c3ccccc3n(-c3ccccc3)c12.Cc1cccc(C)c1C(C)(C)C.Cc1cccc(C)c1C(C)(C)C.Cc1cccc(C)c1C(C)(C)C.Cc1ccccc1C(C)(C)C.Cc1ccccc1C(C)(C)C.Cc1ccccc1C(C)(C)C. The van der Waals surface area contributed by atoms with E-state index in [2.05, 4.69) is 558 Å². The van der Waals surface area contributed by atoms with Crippen molar-refractivity contribution >= 4 is 65.4 Å². The molecule has 3 heteroatoms. The molecule has 0 saturated heterocycles. The fourth-order valence-electron chi connectivity index (χ4n) is 19.7. The van der Waals surface area contributed by atoms with E-state index in [1.54, 1.807) is 0 Å². The average Bonchev–Trinajstić information content (AvgIpc) is 1.54. The number of nitrogens with zero attached hydrogens (tertiary/aromatic N) is 3. The third-order valence-corrected chi connectivity index (χ3v) is 24.5. The Morgan fingerprint density at radius 2 is 0.359 bits per heavy atom. The van der Waals surface area contributed by atoms with Gasteiger partial charge in [-0.15, -0.1) is 0 Å². The Morgan fingerprint density at radius 1 is 0.148 bits per heavy atom. The Kier molecular flexibility index (Phi) is 31.2. The number of hydrogen-bond donors (Lipinski definition) is 0. The number of fused-ring (bicyclic) bond motifs is 9. The van der Waals surface area contributed by atoms with Gasteiger partial charge in [0.15, 0.2) is 0 Å². The zero-order chi connectivity index (χ0) is 94.0. The second-order valence-corrected chi connectivity index (χ2v) is 43.5. The Bertz CT molecular complexity index is 6190. The van der Waals surface area contributed by atoms with Crippen LogP contribution in [-0.4, -0.2) is 13.7 Å². The molecular weight excluding hydrogens is 1540 g/mol. The summed E-state index contributed by atoms with van der Waals surface area (Å²) in [6.45, 7) is 74.1. The number of para-hydroxylation sites is 7. The first-order valence-electron chi connectivity index (χ1n) is 46.5. The Morgan fingerprint density at radius 3 is 0.625 bits per heavy atom. The van der Waals surface area contributed by atoms with Crippen LogP contribution < -0.4 is 0 Å². The van der Waals surface area contributed by atoms with Crippen molar-refractivity contribution < 1.29 is 0 Å². The lowest BCUT2D eigenvalue weighted by molar-refractivity contribution is 0.581. The highest BCUT2D eigenvalue weighted by Crippen LogP contribution is 2.45. The highest BCUT2D eigenvalue weighted by molar-refractivity contribution is 6.14. The summed E-state index contributed by atoms with van der Waals surface area (Å²) in [6.07, 6.45) is 0. The number of aromatic nitrogens is 3. The van der Waals surface area contributed by atoms with Gasteiger partial charge in [-0.2, -0.15) is 0 Å². The normalized spacial score (nSPS) is 11.9. The van der Waals surface area contributed by atoms with Crippen LogP contribution in [0.2, 0.25) is 0 Å². The van der Waals surface area contributed by atoms with Gasteiger partial charge in [0.1, 0.15) is 0 Å². The molecule has 3 heterocycles. The van der Waals surface area contributed by atoms with Crippen molar-refractivity contribution in [2.24, 2.45) is 0 Å². The van der Waals surface area contributed by atoms with Gasteiger partial charge in [0.25, 0.3) is 0 Å². The molecule has 14 aromatic carbocycles. The molecule has 17 rings (SSSR count). The third kappa shape index (κ3) is 23.5. The van der Waals surface area contributed by atoms with Crippen molar-refractivity contribution in [3.05, 3.63) is 410 Å². The van der Waals surface area contributed by atoms with Crippen LogP contribution >= 0.6 is 0 Å². The number of rotatable bonds is 3. The molecule has 0 atom stereocenters. The van der Waals surface area contributed by atoms with E-state index in [0.29, 0.717) is 0 Å². The lowest BCUT2D eigenvalue weighted by atomic mass is 9.81. The van der Waals surface area contributed by atoms with Gasteiger partial charge in [-0.1, -0.05) is 427 Å². The van der Waals surface area contributed by atoms with Gasteiger partial charge in [-0.3, -0.25) is 0 Å². The molecule has 0 aliphatic heterocycles. The summed E-state index contributed by atoms with van der Waals surface area (Å²) >= 11 is 0. The predicted octanol–water partition coefficient (Wildman–Crippen LogP) is 35.9. The fraction of sp³-hybridized carbons (Fsp3) is 0.328. The molecular formula is C125H151N3. The van der Waals surface area contributed by atoms with Crippen LogP contribution in [0.15, 0.2) is 315 Å². The molecule has 0 aliphatic carbocycles. The summed E-state index contributed by atoms with van der Waals surface area (Å²) < 4.78 is 7.34. The summed E-state index contributed by atoms with van der Waals surface area (Å²) in [6, 6.07) is 113. The summed E-state index contributed by atoms with van der Waals surface area (Å²) in [5, 5.41) is 7.81. The van der Waals surface area contributed by atoms with Gasteiger partial charge in [-0.25, -0.2) is 0 Å². The van der Waals surface area contributed by atoms with Crippen molar-refractivity contribution in [1.82, 2.24) is 13.7 Å². The first kappa shape index (κ1) is 98.7. The molecule has 3 nitrogen and oxygen atoms in total. The maximum absolute atomic E-state index is 2.47. The van der Waals surface area contributed by atoms with Crippen LogP contribution in [0, 0.1) is 62.3 Å². The van der Waals surface area contributed by atoms with Crippen LogP contribution in [-0.2, 0) is 43.3 Å². The molecule has 0 aliphatic rings. The van der Waals surface area contributed by atoms with Crippen LogP contribution in [0.1, 0.15) is 261 Å². The molecule has 0 saturated carbocycles. The van der Waals surface area contributed by atoms with Crippen LogP contribution in [0.5, 0.6) is 0 Å². The van der Waals surface area contributed by atoms with E-state index in [9.17, 15) is 0 Å². The first-order valence-corrected chi connectivity index (χ1v) is 46.5. The Balaban J connectivity index is 0.000000161. The van der Waals surface area contributed by atoms with Gasteiger partial charge in [0, 0.05) is 49.3 Å². The van der Waals surface area contributed by atoms with Gasteiger partial charge in [-0.05, 0) is 249 Å². The second-order valence-electron chi connectivity index (χ2n) is 43.5. The van der Waals surface area contributed by atoms with E-state index in [-0.39, 0.29) is 43.3 Å². The van der Waals surface area contributed by atoms with Crippen molar-refractivity contribution in [3.63, 3.8) is 0 Å². The molecule has 0 radical (unpaired) electrons. The lowest BCUT2D eigenvalue weighted by Gasteiger charge is -2.27. The van der Waals surface area contributed by atoms with E-state index in [1.807, 2.05) is 0 Å². The molecule has 666 valence electrons. The molecule has 0 fully saturated rings. The minimum Gasteiger partial charge on any atom is -0.309 e. The number of aryl methyl sites for hydroxylation is 9. The van der Waals surface area contributed by atoms with Gasteiger partial charge in [0.05, 0.1) is 38.8 Å². The highest BCUT2D eigenvalue weighted by atomic mass is 15.0. The monoisotopic (exact) mass is 1690 g/mol. The summed E-state index contributed by atoms with van der Waals surface area (Å²) in [4.78, 5) is 0. The molecule has 0 bridgehead atoms. The van der Waals surface area contributed by atoms with E-state index in [1.165, 1.54) is 177 Å². The lowest BCUT2D eigenvalue weighted by Crippen LogP contribution is -2.17. The maximum Gasteiger partial charge on any atom is 0.0599 e. The quantitative estimate of drug-likeness (QED) is 0.167. The predicted molar refractivity (Wildman–Crippen MR) is 567 cm³/mol. The van der Waals surface area contributed by atoms with E-state index < -0.39 is 0 Å². The third-order valence-electron chi connectivity index (χ3n) is 24.5. The zero-order valence-electron chi connectivity index (χ0n) is 84.4. The van der Waals surface area contributed by atoms with Crippen molar-refractivity contribution in [2.75, 3.05) is 0 Å². The van der Waals surface area contributed by atoms with Gasteiger partial charge < -0.3 is 13.7 Å². The molecule has 0 N–H and O–H groups in total. The molecule has 17 aromatic rings. The van der Waals surface area contributed by atoms with Gasteiger partial charge >= 0.3 is 0 Å². The number of benzene rings is 14. The summed E-state index contributed by atoms with van der Waals surface area (Å²) in [5.41, 5.74) is 37.1. The molecule has 128 heavy (non-hydrogen) atoms. The Hall–Kier alpha value is -11.5.